The van der Waals surface area contributed by atoms with Crippen LogP contribution in [-0.2, 0) is 0 Å². The van der Waals surface area contributed by atoms with E-state index in [-0.39, 0.29) is 0 Å². The van der Waals surface area contributed by atoms with Gasteiger partial charge in [0.25, 0.3) is 0 Å². The maximum Gasteiger partial charge on any atom is 0.0916 e. The van der Waals surface area contributed by atoms with Crippen molar-refractivity contribution in [2.24, 2.45) is 5.92 Å². The molecule has 2 aromatic carbocycles. The molecule has 0 radical (unpaired) electrons. The van der Waals surface area contributed by atoms with Crippen molar-refractivity contribution in [2.45, 2.75) is 25.9 Å². The second-order valence-corrected chi connectivity index (χ2v) is 6.51. The molecule has 3 rings (SSSR count). The highest BCUT2D eigenvalue weighted by molar-refractivity contribution is 5.63. The van der Waals surface area contributed by atoms with Crippen LogP contribution in [0.15, 0.2) is 54.6 Å². The summed E-state index contributed by atoms with van der Waals surface area (Å²) in [5.41, 5.74) is 3.43. The second-order valence-electron chi connectivity index (χ2n) is 6.51. The van der Waals surface area contributed by atoms with E-state index in [0.717, 1.165) is 31.1 Å². The number of β-amino-alcohol motifs (C(OH)–C–C–N with tert-alkyl or cyclic N) is 1. The summed E-state index contributed by atoms with van der Waals surface area (Å²) in [5, 5.41) is 10.5. The SMILES string of the molecule is CC1CCCN(CC(O)c2ccc(-c3ccccc3)cc2)C1. The summed E-state index contributed by atoms with van der Waals surface area (Å²) >= 11 is 0. The van der Waals surface area contributed by atoms with Crippen LogP contribution in [0.4, 0.5) is 0 Å². The molecule has 1 saturated heterocycles. The molecule has 1 N–H and O–H groups in total. The van der Waals surface area contributed by atoms with Crippen LogP contribution in [0.5, 0.6) is 0 Å². The zero-order valence-electron chi connectivity index (χ0n) is 13.3. The Kier molecular flexibility index (Phi) is 4.91. The number of piperidine rings is 1. The van der Waals surface area contributed by atoms with Gasteiger partial charge in [0.2, 0.25) is 0 Å². The van der Waals surface area contributed by atoms with Crippen LogP contribution in [0.1, 0.15) is 31.4 Å². The summed E-state index contributed by atoms with van der Waals surface area (Å²) < 4.78 is 0. The quantitative estimate of drug-likeness (QED) is 0.917. The first-order valence-electron chi connectivity index (χ1n) is 8.28. The third kappa shape index (κ3) is 3.76. The summed E-state index contributed by atoms with van der Waals surface area (Å²) in [4.78, 5) is 2.39. The van der Waals surface area contributed by atoms with Crippen LogP contribution in [0, 0.1) is 5.92 Å². The van der Waals surface area contributed by atoms with Gasteiger partial charge in [-0.05, 0) is 42.0 Å². The predicted octanol–water partition coefficient (Wildman–Crippen LogP) is 4.12. The first-order valence-corrected chi connectivity index (χ1v) is 8.28. The second kappa shape index (κ2) is 7.08. The van der Waals surface area contributed by atoms with Gasteiger partial charge in [-0.2, -0.15) is 0 Å². The van der Waals surface area contributed by atoms with Gasteiger partial charge < -0.3 is 10.0 Å². The highest BCUT2D eigenvalue weighted by atomic mass is 16.3. The molecule has 116 valence electrons. The van der Waals surface area contributed by atoms with Crippen molar-refractivity contribution in [1.82, 2.24) is 4.90 Å². The van der Waals surface area contributed by atoms with Gasteiger partial charge in [0.1, 0.15) is 0 Å². The molecule has 2 aromatic rings. The lowest BCUT2D eigenvalue weighted by molar-refractivity contribution is 0.0876. The van der Waals surface area contributed by atoms with Crippen LogP contribution in [0.3, 0.4) is 0 Å². The predicted molar refractivity (Wildman–Crippen MR) is 91.7 cm³/mol. The summed E-state index contributed by atoms with van der Waals surface area (Å²) in [7, 11) is 0. The van der Waals surface area contributed by atoms with E-state index in [1.165, 1.54) is 24.0 Å². The van der Waals surface area contributed by atoms with Gasteiger partial charge in [0.05, 0.1) is 6.10 Å². The fraction of sp³-hybridized carbons (Fsp3) is 0.400. The number of benzene rings is 2. The minimum atomic E-state index is -0.393. The van der Waals surface area contributed by atoms with Gasteiger partial charge in [-0.15, -0.1) is 0 Å². The van der Waals surface area contributed by atoms with Crippen molar-refractivity contribution in [3.63, 3.8) is 0 Å². The first-order chi connectivity index (χ1) is 10.7. The van der Waals surface area contributed by atoms with Crippen LogP contribution in [0.2, 0.25) is 0 Å². The molecule has 1 fully saturated rings. The zero-order valence-corrected chi connectivity index (χ0v) is 13.3. The summed E-state index contributed by atoms with van der Waals surface area (Å²) in [6, 6.07) is 18.7. The maximum absolute atomic E-state index is 10.5. The van der Waals surface area contributed by atoms with E-state index in [0.29, 0.717) is 0 Å². The number of likely N-dealkylation sites (tertiary alicyclic amines) is 1. The van der Waals surface area contributed by atoms with Gasteiger partial charge in [0, 0.05) is 13.1 Å². The summed E-state index contributed by atoms with van der Waals surface area (Å²) in [5.74, 6) is 0.751. The highest BCUT2D eigenvalue weighted by Crippen LogP contribution is 2.23. The Balaban J connectivity index is 1.64. The Morgan fingerprint density at radius 3 is 2.41 bits per heavy atom. The third-order valence-corrected chi connectivity index (χ3v) is 4.57. The number of rotatable bonds is 4. The Morgan fingerprint density at radius 2 is 1.73 bits per heavy atom. The number of hydrogen-bond acceptors (Lipinski definition) is 2. The molecule has 2 atom stereocenters. The van der Waals surface area contributed by atoms with Crippen molar-refractivity contribution >= 4 is 0 Å². The van der Waals surface area contributed by atoms with E-state index in [4.69, 9.17) is 0 Å². The van der Waals surface area contributed by atoms with Crippen LogP contribution >= 0.6 is 0 Å². The summed E-state index contributed by atoms with van der Waals surface area (Å²) in [6.07, 6.45) is 2.18. The largest absolute Gasteiger partial charge is 0.387 e. The number of nitrogens with zero attached hydrogens (tertiary/aromatic N) is 1. The lowest BCUT2D eigenvalue weighted by Crippen LogP contribution is -2.37. The topological polar surface area (TPSA) is 23.5 Å². The lowest BCUT2D eigenvalue weighted by Gasteiger charge is -2.32. The van der Waals surface area contributed by atoms with E-state index >= 15 is 0 Å². The molecule has 1 aliphatic heterocycles. The molecule has 0 aromatic heterocycles. The normalized spacial score (nSPS) is 20.7. The van der Waals surface area contributed by atoms with Crippen LogP contribution < -0.4 is 0 Å². The highest BCUT2D eigenvalue weighted by Gasteiger charge is 2.19. The van der Waals surface area contributed by atoms with Crippen molar-refractivity contribution in [1.29, 1.82) is 0 Å². The van der Waals surface area contributed by atoms with E-state index < -0.39 is 6.10 Å². The molecule has 2 heteroatoms. The molecule has 0 bridgehead atoms. The fourth-order valence-electron chi connectivity index (χ4n) is 3.33. The molecular weight excluding hydrogens is 270 g/mol. The van der Waals surface area contributed by atoms with Crippen molar-refractivity contribution in [2.75, 3.05) is 19.6 Å². The number of aliphatic hydroxyl groups is 1. The molecule has 2 unspecified atom stereocenters. The van der Waals surface area contributed by atoms with Gasteiger partial charge in [-0.25, -0.2) is 0 Å². The monoisotopic (exact) mass is 295 g/mol. The Bertz CT molecular complexity index is 578. The Labute approximate surface area is 133 Å². The molecule has 0 amide bonds. The standard InChI is InChI=1S/C20H25NO/c1-16-6-5-13-21(14-16)15-20(22)19-11-9-18(10-12-19)17-7-3-2-4-8-17/h2-4,7-12,16,20,22H,5-6,13-15H2,1H3. The minimum absolute atomic E-state index is 0.393. The van der Waals surface area contributed by atoms with Crippen molar-refractivity contribution in [3.8, 4) is 11.1 Å². The van der Waals surface area contributed by atoms with Gasteiger partial charge >= 0.3 is 0 Å². The average molecular weight is 295 g/mol. The molecule has 2 nitrogen and oxygen atoms in total. The van der Waals surface area contributed by atoms with Gasteiger partial charge in [-0.3, -0.25) is 0 Å². The van der Waals surface area contributed by atoms with Crippen molar-refractivity contribution < 1.29 is 5.11 Å². The minimum Gasteiger partial charge on any atom is -0.387 e. The van der Waals surface area contributed by atoms with Crippen LogP contribution in [-0.4, -0.2) is 29.6 Å². The summed E-state index contributed by atoms with van der Waals surface area (Å²) in [6.45, 7) is 5.27. The Hall–Kier alpha value is -1.64. The van der Waals surface area contributed by atoms with E-state index in [1.807, 2.05) is 6.07 Å². The van der Waals surface area contributed by atoms with Crippen molar-refractivity contribution in [3.05, 3.63) is 60.2 Å². The van der Waals surface area contributed by atoms with E-state index in [2.05, 4.69) is 60.4 Å². The Morgan fingerprint density at radius 1 is 1.05 bits per heavy atom. The van der Waals surface area contributed by atoms with E-state index in [9.17, 15) is 5.11 Å². The molecule has 0 saturated carbocycles. The molecular formula is C20H25NO. The number of hydrogen-bond donors (Lipinski definition) is 1. The van der Waals surface area contributed by atoms with E-state index in [1.54, 1.807) is 0 Å². The third-order valence-electron chi connectivity index (χ3n) is 4.57. The zero-order chi connectivity index (χ0) is 15.4. The average Bonchev–Trinajstić information content (AvgIpc) is 2.56. The smallest absolute Gasteiger partial charge is 0.0916 e. The lowest BCUT2D eigenvalue weighted by atomic mass is 9.98. The first kappa shape index (κ1) is 15.3. The fourth-order valence-corrected chi connectivity index (χ4v) is 3.33. The molecule has 1 heterocycles. The van der Waals surface area contributed by atoms with Gasteiger partial charge in [0.15, 0.2) is 0 Å². The van der Waals surface area contributed by atoms with Crippen LogP contribution in [0.25, 0.3) is 11.1 Å². The molecule has 22 heavy (non-hydrogen) atoms. The molecule has 0 aliphatic carbocycles. The van der Waals surface area contributed by atoms with Gasteiger partial charge in [-0.1, -0.05) is 61.5 Å². The molecule has 1 aliphatic rings. The molecule has 0 spiro atoms. The number of aliphatic hydroxyl groups excluding tert-OH is 1. The maximum atomic E-state index is 10.5.